The van der Waals surface area contributed by atoms with Gasteiger partial charge in [-0.05, 0) is 29.9 Å². The van der Waals surface area contributed by atoms with Crippen LogP contribution in [0, 0.1) is 6.92 Å². The molecule has 0 fully saturated rings. The van der Waals surface area contributed by atoms with Crippen molar-refractivity contribution in [2.45, 2.75) is 19.3 Å². The van der Waals surface area contributed by atoms with Gasteiger partial charge in [0.25, 0.3) is 5.91 Å². The van der Waals surface area contributed by atoms with Crippen LogP contribution in [0.3, 0.4) is 0 Å². The number of hydrogen-bond acceptors (Lipinski definition) is 7. The number of nitrogens with zero attached hydrogens (tertiary/aromatic N) is 4. The van der Waals surface area contributed by atoms with E-state index in [1.165, 1.54) is 0 Å². The third-order valence-electron chi connectivity index (χ3n) is 4.06. The Morgan fingerprint density at radius 2 is 2.32 bits per heavy atom. The molecule has 4 rings (SSSR count). The molecule has 3 aromatic heterocycles. The second-order valence-corrected chi connectivity index (χ2v) is 7.43. The number of aryl methyl sites for hydroxylation is 2. The first-order chi connectivity index (χ1) is 12.0. The van der Waals surface area contributed by atoms with Crippen molar-refractivity contribution in [3.05, 3.63) is 38.5 Å². The first kappa shape index (κ1) is 15.9. The van der Waals surface area contributed by atoms with E-state index in [0.29, 0.717) is 28.6 Å². The minimum Gasteiger partial charge on any atom is -0.311 e. The van der Waals surface area contributed by atoms with Crippen LogP contribution >= 0.6 is 22.9 Å². The van der Waals surface area contributed by atoms with Crippen molar-refractivity contribution in [3.8, 4) is 0 Å². The number of carbonyl (C=O) groups is 2. The molecule has 0 bridgehead atoms. The van der Waals surface area contributed by atoms with Crippen LogP contribution in [0.25, 0.3) is 0 Å². The van der Waals surface area contributed by atoms with Gasteiger partial charge in [0.05, 0.1) is 5.69 Å². The Hall–Kier alpha value is -2.59. The number of carbonyl (C=O) groups excluding carboxylic acids is 2. The monoisotopic (exact) mass is 374 g/mol. The zero-order chi connectivity index (χ0) is 17.6. The van der Waals surface area contributed by atoms with Gasteiger partial charge in [-0.3, -0.25) is 14.3 Å². The number of amides is 2. The zero-order valence-electron chi connectivity index (χ0n) is 13.4. The maximum Gasteiger partial charge on any atom is 0.270 e. The van der Waals surface area contributed by atoms with Crippen molar-refractivity contribution in [3.63, 3.8) is 0 Å². The van der Waals surface area contributed by atoms with Crippen molar-refractivity contribution in [1.82, 2.24) is 19.4 Å². The molecule has 0 unspecified atom stereocenters. The number of fused-ring (bicyclic) bond motifs is 1. The summed E-state index contributed by atoms with van der Waals surface area (Å²) in [5.74, 6) is 0.579. The van der Waals surface area contributed by atoms with Gasteiger partial charge in [-0.15, -0.1) is 16.4 Å². The van der Waals surface area contributed by atoms with Crippen molar-refractivity contribution >= 4 is 46.3 Å². The molecule has 128 valence electrons. The van der Waals surface area contributed by atoms with Crippen LogP contribution in [-0.2, 0) is 11.8 Å². The number of rotatable bonds is 3. The van der Waals surface area contributed by atoms with E-state index >= 15 is 0 Å². The van der Waals surface area contributed by atoms with Gasteiger partial charge in [0.1, 0.15) is 10.7 Å². The smallest absolute Gasteiger partial charge is 0.270 e. The van der Waals surface area contributed by atoms with Crippen LogP contribution < -0.4 is 10.6 Å². The number of hydrogen-bond donors (Lipinski definition) is 2. The van der Waals surface area contributed by atoms with Gasteiger partial charge in [0.15, 0.2) is 5.82 Å². The highest BCUT2D eigenvalue weighted by atomic mass is 32.1. The predicted octanol–water partition coefficient (Wildman–Crippen LogP) is 2.37. The molecule has 0 saturated heterocycles. The maximum absolute atomic E-state index is 12.5. The molecular weight excluding hydrogens is 360 g/mol. The lowest BCUT2D eigenvalue weighted by atomic mass is 9.92. The Balaban J connectivity index is 1.75. The zero-order valence-corrected chi connectivity index (χ0v) is 15.1. The third-order valence-corrected chi connectivity index (χ3v) is 5.87. The van der Waals surface area contributed by atoms with Crippen LogP contribution in [0.15, 0.2) is 17.5 Å². The fraction of sp³-hybridized carbons (Fsp3) is 0.267. The Labute approximate surface area is 151 Å². The molecule has 25 heavy (non-hydrogen) atoms. The molecule has 4 heterocycles. The van der Waals surface area contributed by atoms with E-state index in [9.17, 15) is 9.59 Å². The molecule has 3 aromatic rings. The van der Waals surface area contributed by atoms with E-state index in [2.05, 4.69) is 25.3 Å². The summed E-state index contributed by atoms with van der Waals surface area (Å²) in [6, 6.07) is 3.95. The molecule has 0 spiro atoms. The number of anilines is 2. The lowest BCUT2D eigenvalue weighted by Crippen LogP contribution is -2.24. The van der Waals surface area contributed by atoms with Gasteiger partial charge in [0, 0.05) is 29.8 Å². The van der Waals surface area contributed by atoms with Crippen molar-refractivity contribution in [2.24, 2.45) is 7.05 Å². The van der Waals surface area contributed by atoms with Crippen LogP contribution in [0.4, 0.5) is 11.6 Å². The van der Waals surface area contributed by atoms with Gasteiger partial charge in [-0.25, -0.2) is 0 Å². The number of thiophene rings is 1. The SMILES string of the molecule is Cc1nnsc1C(=O)Nc1nn(C)c2c1[C@H](c1cccs1)CC(=O)N2. The molecular formula is C15H14N6O2S2. The summed E-state index contributed by atoms with van der Waals surface area (Å²) in [5, 5.41) is 16.0. The minimum atomic E-state index is -0.296. The van der Waals surface area contributed by atoms with E-state index < -0.39 is 0 Å². The predicted molar refractivity (Wildman–Crippen MR) is 95.2 cm³/mol. The first-order valence-corrected chi connectivity index (χ1v) is 9.20. The second-order valence-electron chi connectivity index (χ2n) is 5.70. The van der Waals surface area contributed by atoms with Crippen LogP contribution in [0.2, 0.25) is 0 Å². The van der Waals surface area contributed by atoms with Crippen molar-refractivity contribution < 1.29 is 9.59 Å². The van der Waals surface area contributed by atoms with Gasteiger partial charge in [-0.1, -0.05) is 10.6 Å². The normalized spacial score (nSPS) is 16.4. The lowest BCUT2D eigenvalue weighted by Gasteiger charge is -2.22. The quantitative estimate of drug-likeness (QED) is 0.733. The highest BCUT2D eigenvalue weighted by Gasteiger charge is 2.34. The topological polar surface area (TPSA) is 102 Å². The molecule has 0 aromatic carbocycles. The molecule has 1 aliphatic rings. The largest absolute Gasteiger partial charge is 0.311 e. The van der Waals surface area contributed by atoms with Crippen LogP contribution in [-0.4, -0.2) is 31.2 Å². The lowest BCUT2D eigenvalue weighted by molar-refractivity contribution is -0.116. The van der Waals surface area contributed by atoms with Crippen LogP contribution in [0.1, 0.15) is 38.1 Å². The molecule has 0 saturated carbocycles. The summed E-state index contributed by atoms with van der Waals surface area (Å²) in [6.07, 6.45) is 0.323. The molecule has 0 radical (unpaired) electrons. The van der Waals surface area contributed by atoms with Gasteiger partial charge in [-0.2, -0.15) is 5.10 Å². The van der Waals surface area contributed by atoms with E-state index in [1.807, 2.05) is 17.5 Å². The third kappa shape index (κ3) is 2.72. The van der Waals surface area contributed by atoms with E-state index in [-0.39, 0.29) is 17.7 Å². The number of nitrogens with one attached hydrogen (secondary N) is 2. The Morgan fingerprint density at radius 3 is 3.00 bits per heavy atom. The second kappa shape index (κ2) is 6.05. The highest BCUT2D eigenvalue weighted by molar-refractivity contribution is 7.10. The summed E-state index contributed by atoms with van der Waals surface area (Å²) < 4.78 is 5.38. The van der Waals surface area contributed by atoms with Crippen LogP contribution in [0.5, 0.6) is 0 Å². The Bertz CT molecular complexity index is 959. The number of aromatic nitrogens is 4. The average Bonchev–Trinajstić information content (AvgIpc) is 3.29. The van der Waals surface area contributed by atoms with E-state index in [1.54, 1.807) is 30.0 Å². The average molecular weight is 374 g/mol. The van der Waals surface area contributed by atoms with Crippen molar-refractivity contribution in [2.75, 3.05) is 10.6 Å². The molecule has 2 N–H and O–H groups in total. The highest BCUT2D eigenvalue weighted by Crippen LogP contribution is 2.42. The van der Waals surface area contributed by atoms with E-state index in [0.717, 1.165) is 22.0 Å². The maximum atomic E-state index is 12.5. The fourth-order valence-electron chi connectivity index (χ4n) is 2.92. The van der Waals surface area contributed by atoms with Crippen molar-refractivity contribution in [1.29, 1.82) is 0 Å². The molecule has 8 nitrogen and oxygen atoms in total. The fourth-order valence-corrected chi connectivity index (χ4v) is 4.31. The summed E-state index contributed by atoms with van der Waals surface area (Å²) in [5.41, 5.74) is 1.41. The Morgan fingerprint density at radius 1 is 1.48 bits per heavy atom. The summed E-state index contributed by atoms with van der Waals surface area (Å²) in [6.45, 7) is 1.74. The summed E-state index contributed by atoms with van der Waals surface area (Å²) in [4.78, 5) is 26.1. The summed E-state index contributed by atoms with van der Waals surface area (Å²) >= 11 is 2.63. The molecule has 2 amide bonds. The molecule has 1 aliphatic heterocycles. The Kier molecular flexibility index (Phi) is 3.85. The standard InChI is InChI=1S/C15H14N6O2S2/c1-7-12(25-20-18-7)15(23)17-13-11-8(9-4-3-5-24-9)6-10(22)16-14(11)21(2)19-13/h3-5,8H,6H2,1-2H3,(H,16,22)(H,17,19,23)/t8-/m0/s1. The first-order valence-electron chi connectivity index (χ1n) is 7.55. The molecule has 1 atom stereocenters. The van der Waals surface area contributed by atoms with Gasteiger partial charge < -0.3 is 10.6 Å². The summed E-state index contributed by atoms with van der Waals surface area (Å²) in [7, 11) is 1.74. The molecule has 10 heteroatoms. The van der Waals surface area contributed by atoms with E-state index in [4.69, 9.17) is 0 Å². The minimum absolute atomic E-state index is 0.0609. The molecule has 0 aliphatic carbocycles. The van der Waals surface area contributed by atoms with Gasteiger partial charge in [0.2, 0.25) is 5.91 Å². The van der Waals surface area contributed by atoms with Gasteiger partial charge >= 0.3 is 0 Å².